The fourth-order valence-electron chi connectivity index (χ4n) is 5.23. The summed E-state index contributed by atoms with van der Waals surface area (Å²) in [7, 11) is 0. The molecule has 0 unspecified atom stereocenters. The quantitative estimate of drug-likeness (QED) is 0.241. The minimum absolute atomic E-state index is 0.116. The molecule has 232 valence electrons. The number of rotatable bonds is 10. The Morgan fingerprint density at radius 2 is 1.77 bits per heavy atom. The summed E-state index contributed by atoms with van der Waals surface area (Å²) in [5.41, 5.74) is 2.11. The van der Waals surface area contributed by atoms with E-state index in [1.807, 2.05) is 68.1 Å². The number of hydrogen-bond donors (Lipinski definition) is 4. The summed E-state index contributed by atoms with van der Waals surface area (Å²) in [6.45, 7) is 6.62. The number of benzene rings is 2. The summed E-state index contributed by atoms with van der Waals surface area (Å²) >= 11 is 0. The normalized spacial score (nSPS) is 15.5. The first-order valence-corrected chi connectivity index (χ1v) is 15.1. The van der Waals surface area contributed by atoms with Crippen LogP contribution in [-0.2, 0) is 9.59 Å². The molecule has 0 aliphatic carbocycles. The molecule has 1 saturated heterocycles. The third-order valence-electron chi connectivity index (χ3n) is 7.27. The van der Waals surface area contributed by atoms with E-state index in [1.165, 1.54) is 0 Å². The van der Waals surface area contributed by atoms with Gasteiger partial charge in [0, 0.05) is 48.7 Å². The van der Waals surface area contributed by atoms with Gasteiger partial charge in [0.2, 0.25) is 11.8 Å². The molecule has 1 aliphatic heterocycles. The lowest BCUT2D eigenvalue weighted by molar-refractivity contribution is -0.137. The Morgan fingerprint density at radius 3 is 2.50 bits per heavy atom. The van der Waals surface area contributed by atoms with Crippen LogP contribution in [0.5, 0.6) is 0 Å². The van der Waals surface area contributed by atoms with Gasteiger partial charge in [-0.1, -0.05) is 42.5 Å². The second-order valence-electron chi connectivity index (χ2n) is 12.0. The second-order valence-corrected chi connectivity index (χ2v) is 12.0. The number of pyridine rings is 1. The lowest BCUT2D eigenvalue weighted by atomic mass is 9.94. The Hall–Kier alpha value is -4.73. The number of carbonyl (C=O) groups is 4. The lowest BCUT2D eigenvalue weighted by Gasteiger charge is -2.38. The molecule has 10 nitrogen and oxygen atoms in total. The van der Waals surface area contributed by atoms with Crippen molar-refractivity contribution in [3.05, 3.63) is 95.8 Å². The predicted octanol–water partition coefficient (Wildman–Crippen LogP) is 5.12. The van der Waals surface area contributed by atoms with Gasteiger partial charge in [-0.15, -0.1) is 0 Å². The van der Waals surface area contributed by atoms with E-state index in [0.29, 0.717) is 36.3 Å². The van der Waals surface area contributed by atoms with Crippen LogP contribution in [0.4, 0.5) is 10.5 Å². The standard InChI is InChI=1S/C34H42N6O4/c1-34(2,3)39-33(44)36-20-11-18-29(41)37-27-16-9-14-25(22-27)31(42)38-30(24-12-5-4-6-13-24)32(43)40-21-8-7-17-28(40)26-15-10-19-35-23-26/h4-6,9-10,12-16,19,22-23,28,30H,7-8,11,17-18,20-21H2,1-3H3,(H,37,41)(H,38,42)(H2,36,39,44)/t28-,30+/m1/s1. The molecule has 1 fully saturated rings. The predicted molar refractivity (Wildman–Crippen MR) is 170 cm³/mol. The van der Waals surface area contributed by atoms with E-state index in [9.17, 15) is 19.2 Å². The number of hydrogen-bond acceptors (Lipinski definition) is 5. The van der Waals surface area contributed by atoms with Crippen LogP contribution in [-0.4, -0.2) is 52.3 Å². The molecule has 0 spiro atoms. The molecule has 4 N–H and O–H groups in total. The molecule has 5 amide bonds. The zero-order valence-corrected chi connectivity index (χ0v) is 25.6. The first-order chi connectivity index (χ1) is 21.1. The maximum absolute atomic E-state index is 14.1. The van der Waals surface area contributed by atoms with Crippen LogP contribution in [0, 0.1) is 0 Å². The molecule has 0 saturated carbocycles. The van der Waals surface area contributed by atoms with Crippen molar-refractivity contribution >= 4 is 29.4 Å². The van der Waals surface area contributed by atoms with Crippen LogP contribution >= 0.6 is 0 Å². The van der Waals surface area contributed by atoms with Crippen molar-refractivity contribution in [1.29, 1.82) is 0 Å². The molecule has 44 heavy (non-hydrogen) atoms. The SMILES string of the molecule is CC(C)(C)NC(=O)NCCCC(=O)Nc1cccc(C(=O)N[C@H](C(=O)N2CCCC[C@@H]2c2cccnc2)c2ccccc2)c1. The summed E-state index contributed by atoms with van der Waals surface area (Å²) in [4.78, 5) is 58.2. The number of piperidine rings is 1. The third-order valence-corrected chi connectivity index (χ3v) is 7.27. The first kappa shape index (κ1) is 32.2. The zero-order valence-electron chi connectivity index (χ0n) is 25.6. The highest BCUT2D eigenvalue weighted by Crippen LogP contribution is 2.33. The van der Waals surface area contributed by atoms with Crippen molar-refractivity contribution in [3.8, 4) is 0 Å². The molecule has 10 heteroatoms. The van der Waals surface area contributed by atoms with Gasteiger partial charge >= 0.3 is 6.03 Å². The first-order valence-electron chi connectivity index (χ1n) is 15.1. The average Bonchev–Trinajstić information content (AvgIpc) is 3.01. The lowest BCUT2D eigenvalue weighted by Crippen LogP contribution is -2.46. The number of anilines is 1. The fourth-order valence-corrected chi connectivity index (χ4v) is 5.23. The fraction of sp³-hybridized carbons (Fsp3) is 0.382. The van der Waals surface area contributed by atoms with Gasteiger partial charge in [0.15, 0.2) is 0 Å². The van der Waals surface area contributed by atoms with Crippen LogP contribution < -0.4 is 21.3 Å². The van der Waals surface area contributed by atoms with Gasteiger partial charge in [-0.2, -0.15) is 0 Å². The minimum Gasteiger partial charge on any atom is -0.338 e. The smallest absolute Gasteiger partial charge is 0.315 e. The van der Waals surface area contributed by atoms with Crippen LogP contribution in [0.1, 0.15) is 86.4 Å². The van der Waals surface area contributed by atoms with E-state index in [0.717, 1.165) is 24.8 Å². The number of aromatic nitrogens is 1. The number of urea groups is 1. The maximum Gasteiger partial charge on any atom is 0.315 e. The monoisotopic (exact) mass is 598 g/mol. The largest absolute Gasteiger partial charge is 0.338 e. The van der Waals surface area contributed by atoms with Crippen molar-refractivity contribution in [2.24, 2.45) is 0 Å². The van der Waals surface area contributed by atoms with Gasteiger partial charge in [0.05, 0.1) is 6.04 Å². The Labute approximate surface area is 259 Å². The van der Waals surface area contributed by atoms with E-state index in [4.69, 9.17) is 0 Å². The van der Waals surface area contributed by atoms with Gasteiger partial charge in [-0.3, -0.25) is 19.4 Å². The molecule has 0 radical (unpaired) electrons. The van der Waals surface area contributed by atoms with Crippen molar-refractivity contribution in [2.45, 2.75) is 70.5 Å². The molecule has 0 bridgehead atoms. The van der Waals surface area contributed by atoms with Gasteiger partial charge < -0.3 is 26.2 Å². The van der Waals surface area contributed by atoms with Crippen LogP contribution in [0.25, 0.3) is 0 Å². The van der Waals surface area contributed by atoms with E-state index >= 15 is 0 Å². The molecular weight excluding hydrogens is 556 g/mol. The summed E-state index contributed by atoms with van der Waals surface area (Å²) in [5, 5.41) is 11.3. The van der Waals surface area contributed by atoms with Crippen LogP contribution in [0.15, 0.2) is 79.1 Å². The number of nitrogens with zero attached hydrogens (tertiary/aromatic N) is 2. The minimum atomic E-state index is -0.887. The summed E-state index contributed by atoms with van der Waals surface area (Å²) in [6.07, 6.45) is 6.90. The number of nitrogens with one attached hydrogen (secondary N) is 4. The topological polar surface area (TPSA) is 133 Å². The highest BCUT2D eigenvalue weighted by Gasteiger charge is 2.34. The Kier molecular flexibility index (Phi) is 11.1. The number of likely N-dealkylation sites (tertiary alicyclic amines) is 1. The molecular formula is C34H42N6O4. The van der Waals surface area contributed by atoms with Crippen molar-refractivity contribution in [3.63, 3.8) is 0 Å². The Morgan fingerprint density at radius 1 is 0.977 bits per heavy atom. The van der Waals surface area contributed by atoms with E-state index in [-0.39, 0.29) is 35.8 Å². The van der Waals surface area contributed by atoms with Gasteiger partial charge in [-0.05, 0) is 81.8 Å². The molecule has 1 aromatic heterocycles. The van der Waals surface area contributed by atoms with Crippen molar-refractivity contribution < 1.29 is 19.2 Å². The second kappa shape index (κ2) is 15.1. The van der Waals surface area contributed by atoms with Gasteiger partial charge in [0.1, 0.15) is 6.04 Å². The molecule has 2 atom stereocenters. The maximum atomic E-state index is 14.1. The van der Waals surface area contributed by atoms with Crippen molar-refractivity contribution in [1.82, 2.24) is 25.8 Å². The van der Waals surface area contributed by atoms with E-state index in [2.05, 4.69) is 26.3 Å². The summed E-state index contributed by atoms with van der Waals surface area (Å²) in [6, 6.07) is 18.4. The number of carbonyl (C=O) groups excluding carboxylic acids is 4. The molecule has 3 aromatic rings. The Balaban J connectivity index is 1.41. The Bertz CT molecular complexity index is 1420. The average molecular weight is 599 g/mol. The molecule has 2 aromatic carbocycles. The van der Waals surface area contributed by atoms with Gasteiger partial charge in [-0.25, -0.2) is 4.79 Å². The van der Waals surface area contributed by atoms with E-state index < -0.39 is 11.9 Å². The van der Waals surface area contributed by atoms with Crippen molar-refractivity contribution in [2.75, 3.05) is 18.4 Å². The highest BCUT2D eigenvalue weighted by molar-refractivity contribution is 5.99. The molecule has 1 aliphatic rings. The zero-order chi connectivity index (χ0) is 31.5. The highest BCUT2D eigenvalue weighted by atomic mass is 16.2. The molecule has 4 rings (SSSR count). The van der Waals surface area contributed by atoms with E-state index in [1.54, 1.807) is 36.7 Å². The molecule has 2 heterocycles. The third kappa shape index (κ3) is 9.39. The summed E-state index contributed by atoms with van der Waals surface area (Å²) in [5.74, 6) is -0.830. The number of amides is 5. The van der Waals surface area contributed by atoms with Gasteiger partial charge in [0.25, 0.3) is 5.91 Å². The van der Waals surface area contributed by atoms with Crippen LogP contribution in [0.2, 0.25) is 0 Å². The van der Waals surface area contributed by atoms with Crippen LogP contribution in [0.3, 0.4) is 0 Å². The summed E-state index contributed by atoms with van der Waals surface area (Å²) < 4.78 is 0.